The van der Waals surface area contributed by atoms with Crippen molar-refractivity contribution in [2.45, 2.75) is 13.3 Å². The van der Waals surface area contributed by atoms with Crippen LogP contribution in [-0.2, 0) is 9.47 Å². The van der Waals surface area contributed by atoms with E-state index in [-0.39, 0.29) is 0 Å². The van der Waals surface area contributed by atoms with E-state index in [2.05, 4.69) is 43.5 Å². The minimum absolute atomic E-state index is 0.604. The first-order valence-electron chi connectivity index (χ1n) is 6.34. The van der Waals surface area contributed by atoms with Gasteiger partial charge in [0.05, 0.1) is 19.8 Å². The Morgan fingerprint density at radius 1 is 1.11 bits per heavy atom. The van der Waals surface area contributed by atoms with Crippen molar-refractivity contribution >= 4 is 27.6 Å². The van der Waals surface area contributed by atoms with Crippen molar-refractivity contribution in [2.24, 2.45) is 0 Å². The lowest BCUT2D eigenvalue weighted by Crippen LogP contribution is -2.14. The first-order valence-corrected chi connectivity index (χ1v) is 7.13. The van der Waals surface area contributed by atoms with Crippen LogP contribution in [0.2, 0.25) is 0 Å². The third-order valence-electron chi connectivity index (χ3n) is 2.30. The molecule has 1 aromatic rings. The summed E-state index contributed by atoms with van der Waals surface area (Å²) >= 11 is 3.49. The maximum Gasteiger partial charge on any atom is 0.146 e. The number of methoxy groups -OCH3 is 1. The van der Waals surface area contributed by atoms with Crippen molar-refractivity contribution in [2.75, 3.05) is 50.7 Å². The van der Waals surface area contributed by atoms with E-state index in [0.717, 1.165) is 29.1 Å². The van der Waals surface area contributed by atoms with Crippen LogP contribution in [0.4, 0.5) is 11.6 Å². The number of nitrogens with zero attached hydrogens (tertiary/aromatic N) is 2. The molecule has 0 saturated carbocycles. The molecule has 0 aromatic carbocycles. The molecule has 0 spiro atoms. The fourth-order valence-corrected chi connectivity index (χ4v) is 1.83. The molecule has 1 heterocycles. The van der Waals surface area contributed by atoms with E-state index in [4.69, 9.17) is 9.47 Å². The predicted octanol–water partition coefficient (Wildman–Crippen LogP) is 2.14. The van der Waals surface area contributed by atoms with Gasteiger partial charge in [-0.25, -0.2) is 9.97 Å². The summed E-state index contributed by atoms with van der Waals surface area (Å²) in [7, 11) is 1.66. The highest BCUT2D eigenvalue weighted by Crippen LogP contribution is 2.26. The van der Waals surface area contributed by atoms with Crippen molar-refractivity contribution in [1.29, 1.82) is 0 Å². The van der Waals surface area contributed by atoms with Gasteiger partial charge in [-0.05, 0) is 22.4 Å². The smallest absolute Gasteiger partial charge is 0.146 e. The molecule has 2 N–H and O–H groups in total. The van der Waals surface area contributed by atoms with Gasteiger partial charge in [0.2, 0.25) is 0 Å². The Morgan fingerprint density at radius 2 is 1.79 bits per heavy atom. The molecular formula is C12H21BrN4O2. The highest BCUT2D eigenvalue weighted by atomic mass is 79.9. The summed E-state index contributed by atoms with van der Waals surface area (Å²) in [5.41, 5.74) is 0. The van der Waals surface area contributed by atoms with Crippen LogP contribution in [0.25, 0.3) is 0 Å². The summed E-state index contributed by atoms with van der Waals surface area (Å²) in [4.78, 5) is 8.38. The summed E-state index contributed by atoms with van der Waals surface area (Å²) < 4.78 is 11.1. The first kappa shape index (κ1) is 16.1. The van der Waals surface area contributed by atoms with Gasteiger partial charge in [0, 0.05) is 20.2 Å². The Morgan fingerprint density at radius 3 is 2.42 bits per heavy atom. The molecule has 0 radical (unpaired) electrons. The maximum atomic E-state index is 5.37. The van der Waals surface area contributed by atoms with Crippen LogP contribution in [0.5, 0.6) is 0 Å². The number of rotatable bonds is 10. The van der Waals surface area contributed by atoms with Gasteiger partial charge < -0.3 is 20.1 Å². The molecule has 0 bridgehead atoms. The van der Waals surface area contributed by atoms with Crippen molar-refractivity contribution in [1.82, 2.24) is 9.97 Å². The fourth-order valence-electron chi connectivity index (χ4n) is 1.35. The molecule has 6 nitrogen and oxygen atoms in total. The lowest BCUT2D eigenvalue weighted by molar-refractivity contribution is 0.0759. The zero-order valence-corrected chi connectivity index (χ0v) is 13.0. The lowest BCUT2D eigenvalue weighted by Gasteiger charge is -2.11. The summed E-state index contributed by atoms with van der Waals surface area (Å²) in [6, 6.07) is 0. The number of anilines is 2. The number of halogens is 1. The third-order valence-corrected chi connectivity index (χ3v) is 3.05. The first-order chi connectivity index (χ1) is 9.29. The molecule has 19 heavy (non-hydrogen) atoms. The Bertz CT molecular complexity index is 366. The van der Waals surface area contributed by atoms with Gasteiger partial charge in [-0.1, -0.05) is 6.92 Å². The van der Waals surface area contributed by atoms with Crippen molar-refractivity contribution in [3.63, 3.8) is 0 Å². The van der Waals surface area contributed by atoms with Crippen LogP contribution in [-0.4, -0.2) is 50.0 Å². The Labute approximate surface area is 122 Å². The zero-order valence-electron chi connectivity index (χ0n) is 11.4. The molecule has 7 heteroatoms. The van der Waals surface area contributed by atoms with Gasteiger partial charge in [-0.15, -0.1) is 0 Å². The lowest BCUT2D eigenvalue weighted by atomic mass is 10.4. The fraction of sp³-hybridized carbons (Fsp3) is 0.667. The molecule has 1 rings (SSSR count). The molecular weight excluding hydrogens is 312 g/mol. The van der Waals surface area contributed by atoms with Gasteiger partial charge in [0.25, 0.3) is 0 Å². The summed E-state index contributed by atoms with van der Waals surface area (Å²) in [5, 5.41) is 6.44. The van der Waals surface area contributed by atoms with Crippen LogP contribution in [0.15, 0.2) is 10.8 Å². The van der Waals surface area contributed by atoms with Crippen molar-refractivity contribution in [3.8, 4) is 0 Å². The van der Waals surface area contributed by atoms with Crippen molar-refractivity contribution < 1.29 is 9.47 Å². The standard InChI is InChI=1S/C12H21BrN4O2/c1-3-4-14-11-10(13)12(17-9-16-11)15-5-6-19-8-7-18-2/h9H,3-8H2,1-2H3,(H2,14,15,16,17). The molecule has 0 aliphatic heterocycles. The van der Waals surface area contributed by atoms with Gasteiger partial charge in [0.15, 0.2) is 0 Å². The second kappa shape index (κ2) is 9.94. The largest absolute Gasteiger partial charge is 0.382 e. The van der Waals surface area contributed by atoms with E-state index in [1.54, 1.807) is 7.11 Å². The zero-order chi connectivity index (χ0) is 13.9. The van der Waals surface area contributed by atoms with Gasteiger partial charge in [-0.2, -0.15) is 0 Å². The summed E-state index contributed by atoms with van der Waals surface area (Å²) in [6.45, 7) is 5.51. The highest BCUT2D eigenvalue weighted by molar-refractivity contribution is 9.10. The monoisotopic (exact) mass is 332 g/mol. The Kier molecular flexibility index (Phi) is 8.44. The van der Waals surface area contributed by atoms with Crippen LogP contribution in [0, 0.1) is 0 Å². The molecule has 0 fully saturated rings. The number of aromatic nitrogens is 2. The quantitative estimate of drug-likeness (QED) is 0.640. The minimum atomic E-state index is 0.604. The molecule has 0 atom stereocenters. The Hall–Kier alpha value is -0.920. The average Bonchev–Trinajstić information content (AvgIpc) is 2.43. The number of nitrogens with one attached hydrogen (secondary N) is 2. The molecule has 1 aromatic heterocycles. The van der Waals surface area contributed by atoms with Crippen LogP contribution >= 0.6 is 15.9 Å². The predicted molar refractivity (Wildman–Crippen MR) is 79.7 cm³/mol. The van der Waals surface area contributed by atoms with Gasteiger partial charge in [-0.3, -0.25) is 0 Å². The molecule has 0 unspecified atom stereocenters. The third kappa shape index (κ3) is 6.17. The summed E-state index contributed by atoms with van der Waals surface area (Å²) in [5.74, 6) is 1.57. The van der Waals surface area contributed by atoms with Crippen LogP contribution in [0.1, 0.15) is 13.3 Å². The van der Waals surface area contributed by atoms with E-state index >= 15 is 0 Å². The summed E-state index contributed by atoms with van der Waals surface area (Å²) in [6.07, 6.45) is 2.59. The normalized spacial score (nSPS) is 10.5. The number of ether oxygens (including phenoxy) is 2. The average molecular weight is 333 g/mol. The van der Waals surface area contributed by atoms with E-state index in [0.29, 0.717) is 26.4 Å². The number of hydrogen-bond donors (Lipinski definition) is 2. The molecule has 108 valence electrons. The van der Waals surface area contributed by atoms with Crippen molar-refractivity contribution in [3.05, 3.63) is 10.8 Å². The number of hydrogen-bond acceptors (Lipinski definition) is 6. The van der Waals surface area contributed by atoms with E-state index in [1.165, 1.54) is 6.33 Å². The highest BCUT2D eigenvalue weighted by Gasteiger charge is 2.07. The van der Waals surface area contributed by atoms with E-state index < -0.39 is 0 Å². The maximum absolute atomic E-state index is 5.37. The molecule has 0 aliphatic rings. The van der Waals surface area contributed by atoms with Gasteiger partial charge >= 0.3 is 0 Å². The second-order valence-corrected chi connectivity index (χ2v) is 4.64. The van der Waals surface area contributed by atoms with Crippen LogP contribution in [0.3, 0.4) is 0 Å². The van der Waals surface area contributed by atoms with Gasteiger partial charge in [0.1, 0.15) is 22.4 Å². The SMILES string of the molecule is CCCNc1ncnc(NCCOCCOC)c1Br. The van der Waals surface area contributed by atoms with Crippen LogP contribution < -0.4 is 10.6 Å². The molecule has 0 saturated heterocycles. The van der Waals surface area contributed by atoms with E-state index in [9.17, 15) is 0 Å². The Balaban J connectivity index is 2.36. The van der Waals surface area contributed by atoms with E-state index in [1.807, 2.05) is 0 Å². The second-order valence-electron chi connectivity index (χ2n) is 3.84. The minimum Gasteiger partial charge on any atom is -0.382 e. The molecule has 0 amide bonds. The molecule has 0 aliphatic carbocycles. The topological polar surface area (TPSA) is 68.3 Å².